The molecular weight excluding hydrogens is 537 g/mol. The zero-order chi connectivity index (χ0) is 27.7. The highest BCUT2D eigenvalue weighted by atomic mass is 35.5. The number of anilines is 2. The van der Waals surface area contributed by atoms with Gasteiger partial charge in [-0.25, -0.2) is 4.39 Å². The molecule has 2 N–H and O–H groups in total. The van der Waals surface area contributed by atoms with Gasteiger partial charge in [0.15, 0.2) is 5.11 Å². The maximum absolute atomic E-state index is 13.7. The van der Waals surface area contributed by atoms with Gasteiger partial charge in [-0.2, -0.15) is 0 Å². The molecule has 5 rings (SSSR count). The molecule has 4 aromatic rings. The SMILES string of the molecule is COCC(=O)Nc1ccc(N2C(=S)N[C@@H](c3ccccn3)[C@H]2c2cc(C)n(-c3ccc(F)cc3)c2C)cc1Cl. The van der Waals surface area contributed by atoms with Crippen molar-refractivity contribution >= 4 is 46.2 Å². The third kappa shape index (κ3) is 5.25. The van der Waals surface area contributed by atoms with Crippen LogP contribution >= 0.6 is 23.8 Å². The van der Waals surface area contributed by atoms with E-state index in [4.69, 9.17) is 28.6 Å². The Balaban J connectivity index is 1.60. The Morgan fingerprint density at radius 1 is 1.13 bits per heavy atom. The van der Waals surface area contributed by atoms with Crippen molar-refractivity contribution in [3.05, 3.63) is 106 Å². The number of nitrogens with zero attached hydrogens (tertiary/aromatic N) is 3. The van der Waals surface area contributed by atoms with Gasteiger partial charge < -0.3 is 24.8 Å². The second-order valence-corrected chi connectivity index (χ2v) is 10.1. The molecule has 0 bridgehead atoms. The molecule has 1 aliphatic rings. The Labute approximate surface area is 236 Å². The van der Waals surface area contributed by atoms with Gasteiger partial charge in [0.25, 0.3) is 0 Å². The van der Waals surface area contributed by atoms with Crippen LogP contribution in [0.1, 0.15) is 34.7 Å². The summed E-state index contributed by atoms with van der Waals surface area (Å²) in [7, 11) is 1.46. The van der Waals surface area contributed by atoms with Crippen molar-refractivity contribution in [2.45, 2.75) is 25.9 Å². The first-order chi connectivity index (χ1) is 18.8. The Hall–Kier alpha value is -3.79. The van der Waals surface area contributed by atoms with Crippen LogP contribution in [0.3, 0.4) is 0 Å². The predicted octanol–water partition coefficient (Wildman–Crippen LogP) is 6.04. The van der Waals surface area contributed by atoms with E-state index < -0.39 is 0 Å². The summed E-state index contributed by atoms with van der Waals surface area (Å²) in [6.07, 6.45) is 1.76. The van der Waals surface area contributed by atoms with Gasteiger partial charge in [-0.3, -0.25) is 9.78 Å². The zero-order valence-electron chi connectivity index (χ0n) is 21.6. The van der Waals surface area contributed by atoms with Crippen LogP contribution in [-0.4, -0.2) is 34.3 Å². The van der Waals surface area contributed by atoms with Gasteiger partial charge in [0, 0.05) is 36.1 Å². The molecule has 0 unspecified atom stereocenters. The quantitative estimate of drug-likeness (QED) is 0.267. The number of aryl methyl sites for hydroxylation is 1. The van der Waals surface area contributed by atoms with Crippen molar-refractivity contribution in [1.29, 1.82) is 0 Å². The molecular formula is C29H27ClFN5O2S. The smallest absolute Gasteiger partial charge is 0.250 e. The average molecular weight is 564 g/mol. The van der Waals surface area contributed by atoms with Crippen molar-refractivity contribution in [1.82, 2.24) is 14.9 Å². The lowest BCUT2D eigenvalue weighted by Crippen LogP contribution is -2.29. The van der Waals surface area contributed by atoms with E-state index in [-0.39, 0.29) is 30.4 Å². The number of thiocarbonyl (C=S) groups is 1. The second-order valence-electron chi connectivity index (χ2n) is 9.28. The molecule has 2 aromatic carbocycles. The standard InChI is InChI=1S/C29H27ClFN5O2S/c1-17-14-22(18(2)35(17)20-9-7-19(31)8-10-20)28-27(25-6-4-5-13-32-25)34-29(39)36(28)21-11-12-24(23(30)15-21)33-26(37)16-38-3/h4-15,27-28H,16H2,1-3H3,(H,33,37)(H,34,39)/t27-,28+/m0/s1. The van der Waals surface area contributed by atoms with Crippen LogP contribution < -0.4 is 15.5 Å². The van der Waals surface area contributed by atoms with Gasteiger partial charge in [-0.1, -0.05) is 17.7 Å². The van der Waals surface area contributed by atoms with Crippen LogP contribution in [0, 0.1) is 19.7 Å². The minimum Gasteiger partial charge on any atom is -0.375 e. The third-order valence-electron chi connectivity index (χ3n) is 6.75. The maximum atomic E-state index is 13.7. The summed E-state index contributed by atoms with van der Waals surface area (Å²) in [5.74, 6) is -0.585. The van der Waals surface area contributed by atoms with Crippen molar-refractivity contribution in [3.63, 3.8) is 0 Å². The van der Waals surface area contributed by atoms with E-state index >= 15 is 0 Å². The van der Waals surface area contributed by atoms with Gasteiger partial charge >= 0.3 is 0 Å². The lowest BCUT2D eigenvalue weighted by atomic mass is 9.96. The molecule has 1 saturated heterocycles. The Bertz CT molecular complexity index is 1530. The maximum Gasteiger partial charge on any atom is 0.250 e. The van der Waals surface area contributed by atoms with Crippen LogP contribution in [0.25, 0.3) is 5.69 Å². The fourth-order valence-electron chi connectivity index (χ4n) is 5.10. The number of methoxy groups -OCH3 is 1. The monoisotopic (exact) mass is 563 g/mol. The first kappa shape index (κ1) is 26.8. The number of hydrogen-bond acceptors (Lipinski definition) is 4. The van der Waals surface area contributed by atoms with Crippen LogP contribution in [0.4, 0.5) is 15.8 Å². The minimum atomic E-state index is -0.299. The predicted molar refractivity (Wildman–Crippen MR) is 155 cm³/mol. The molecule has 1 aliphatic heterocycles. The van der Waals surface area contributed by atoms with E-state index in [1.807, 2.05) is 43.0 Å². The lowest BCUT2D eigenvalue weighted by Gasteiger charge is -2.28. The summed E-state index contributed by atoms with van der Waals surface area (Å²) in [6, 6.07) is 19.3. The number of nitrogens with one attached hydrogen (secondary N) is 2. The van der Waals surface area contributed by atoms with E-state index in [1.165, 1.54) is 19.2 Å². The molecule has 10 heteroatoms. The summed E-state index contributed by atoms with van der Waals surface area (Å²) in [6.45, 7) is 3.99. The lowest BCUT2D eigenvalue weighted by molar-refractivity contribution is -0.119. The van der Waals surface area contributed by atoms with E-state index in [9.17, 15) is 9.18 Å². The molecule has 3 heterocycles. The number of ether oxygens (including phenoxy) is 1. The number of amides is 1. The first-order valence-corrected chi connectivity index (χ1v) is 13.1. The number of pyridine rings is 1. The van der Waals surface area contributed by atoms with E-state index in [1.54, 1.807) is 30.5 Å². The fraction of sp³-hybridized carbons (Fsp3) is 0.207. The molecule has 0 saturated carbocycles. The third-order valence-corrected chi connectivity index (χ3v) is 7.38. The van der Waals surface area contributed by atoms with E-state index in [0.29, 0.717) is 15.8 Å². The second kappa shape index (κ2) is 11.1. The van der Waals surface area contributed by atoms with Crippen LogP contribution in [-0.2, 0) is 9.53 Å². The van der Waals surface area contributed by atoms with Crippen LogP contribution in [0.15, 0.2) is 72.9 Å². The molecule has 200 valence electrons. The summed E-state index contributed by atoms with van der Waals surface area (Å²) < 4.78 is 20.7. The number of hydrogen-bond donors (Lipinski definition) is 2. The number of halogens is 2. The molecule has 2 aromatic heterocycles. The molecule has 1 amide bonds. The van der Waals surface area contributed by atoms with Crippen LogP contribution in [0.5, 0.6) is 0 Å². The highest BCUT2D eigenvalue weighted by Gasteiger charge is 2.42. The molecule has 7 nitrogen and oxygen atoms in total. The van der Waals surface area contributed by atoms with Crippen molar-refractivity contribution in [3.8, 4) is 5.69 Å². The van der Waals surface area contributed by atoms with E-state index in [0.717, 1.165) is 34.0 Å². The summed E-state index contributed by atoms with van der Waals surface area (Å²) in [5, 5.41) is 7.11. The summed E-state index contributed by atoms with van der Waals surface area (Å²) >= 11 is 12.5. The number of aromatic nitrogens is 2. The highest BCUT2D eigenvalue weighted by Crippen LogP contribution is 2.44. The zero-order valence-corrected chi connectivity index (χ0v) is 23.2. The molecule has 1 fully saturated rings. The van der Waals surface area contributed by atoms with Crippen molar-refractivity contribution in [2.75, 3.05) is 23.9 Å². The number of carbonyl (C=O) groups is 1. The molecule has 39 heavy (non-hydrogen) atoms. The Morgan fingerprint density at radius 2 is 1.87 bits per heavy atom. The topological polar surface area (TPSA) is 71.4 Å². The largest absolute Gasteiger partial charge is 0.375 e. The average Bonchev–Trinajstić information content (AvgIpc) is 3.41. The van der Waals surface area contributed by atoms with E-state index in [2.05, 4.69) is 26.3 Å². The highest BCUT2D eigenvalue weighted by molar-refractivity contribution is 7.80. The molecule has 2 atom stereocenters. The minimum absolute atomic E-state index is 0.0737. The summed E-state index contributed by atoms with van der Waals surface area (Å²) in [4.78, 5) is 18.7. The van der Waals surface area contributed by atoms with Crippen LogP contribution in [0.2, 0.25) is 5.02 Å². The van der Waals surface area contributed by atoms with Gasteiger partial charge in [0.05, 0.1) is 28.5 Å². The summed E-state index contributed by atoms with van der Waals surface area (Å²) in [5.41, 5.74) is 5.98. The Morgan fingerprint density at radius 3 is 2.54 bits per heavy atom. The number of rotatable bonds is 7. The van der Waals surface area contributed by atoms with Crippen molar-refractivity contribution < 1.29 is 13.9 Å². The normalized spacial score (nSPS) is 16.8. The number of benzene rings is 2. The van der Waals surface area contributed by atoms with Gasteiger partial charge in [0.2, 0.25) is 5.91 Å². The Kier molecular flexibility index (Phi) is 7.65. The van der Waals surface area contributed by atoms with Crippen molar-refractivity contribution in [2.24, 2.45) is 0 Å². The van der Waals surface area contributed by atoms with Gasteiger partial charge in [-0.15, -0.1) is 0 Å². The fourth-order valence-corrected chi connectivity index (χ4v) is 5.66. The first-order valence-electron chi connectivity index (χ1n) is 12.3. The molecule has 0 radical (unpaired) electrons. The number of carbonyl (C=O) groups excluding carboxylic acids is 1. The van der Waals surface area contributed by atoms with Gasteiger partial charge in [-0.05, 0) is 92.3 Å². The molecule has 0 aliphatic carbocycles. The van der Waals surface area contributed by atoms with Gasteiger partial charge in [0.1, 0.15) is 12.4 Å². The molecule has 0 spiro atoms.